The minimum Gasteiger partial charge on any atom is -0.429 e. The Hall–Kier alpha value is -3.85. The van der Waals surface area contributed by atoms with Crippen LogP contribution in [0.15, 0.2) is 73.3 Å². The summed E-state index contributed by atoms with van der Waals surface area (Å²) >= 11 is 5.98. The van der Waals surface area contributed by atoms with E-state index in [-0.39, 0.29) is 5.56 Å². The van der Waals surface area contributed by atoms with E-state index >= 15 is 0 Å². The first kappa shape index (κ1) is 28.2. The fourth-order valence-electron chi connectivity index (χ4n) is 3.93. The molecule has 0 radical (unpaired) electrons. The monoisotopic (exact) mass is 568 g/mol. The highest BCUT2D eigenvalue weighted by Crippen LogP contribution is 2.41. The first-order chi connectivity index (χ1) is 18.4. The molecule has 1 nitrogen and oxygen atoms in total. The van der Waals surface area contributed by atoms with Crippen molar-refractivity contribution in [1.29, 1.82) is 0 Å². The van der Waals surface area contributed by atoms with Crippen LogP contribution in [-0.4, -0.2) is 0 Å². The van der Waals surface area contributed by atoms with Crippen LogP contribution >= 0.6 is 11.6 Å². The van der Waals surface area contributed by atoms with Crippen LogP contribution in [-0.2, 0) is 12.5 Å². The number of rotatable bonds is 8. The number of hydrogen-bond donors (Lipinski definition) is 0. The summed E-state index contributed by atoms with van der Waals surface area (Å²) in [6, 6.07) is 10.1. The molecule has 4 aromatic rings. The van der Waals surface area contributed by atoms with Gasteiger partial charge in [0.05, 0.1) is 10.6 Å². The maximum Gasteiger partial charge on any atom is 0.431 e. The third-order valence-corrected chi connectivity index (χ3v) is 6.09. The van der Waals surface area contributed by atoms with E-state index in [2.05, 4.69) is 11.3 Å². The van der Waals surface area contributed by atoms with Gasteiger partial charge in [-0.1, -0.05) is 41.9 Å². The Morgan fingerprint density at radius 3 is 1.82 bits per heavy atom. The molecular formula is C29H17ClF8O. The molecule has 0 fully saturated rings. The number of allylic oxidation sites excluding steroid dienone is 1. The molecule has 0 aliphatic rings. The number of aryl methyl sites for hydroxylation is 1. The molecule has 202 valence electrons. The van der Waals surface area contributed by atoms with Crippen LogP contribution < -0.4 is 4.74 Å². The fourth-order valence-corrected chi connectivity index (χ4v) is 4.25. The standard InChI is InChI=1S/C29H17ClF8O/c1-2-3-4-15-5-7-16(8-6-15)17-9-20(30)27(23(33)10-17)29(37,38)39-19-13-21(31)26(22(32)14-19)18-11-24(34)28(36)25(35)12-18/h2,5-14H,1,3-4H2. The quantitative estimate of drug-likeness (QED) is 0.117. The number of hydrogen-bond acceptors (Lipinski definition) is 1. The normalized spacial score (nSPS) is 11.5. The fraction of sp³-hybridized carbons (Fsp3) is 0.103. The molecule has 0 saturated heterocycles. The molecule has 0 bridgehead atoms. The van der Waals surface area contributed by atoms with Gasteiger partial charge in [-0.25, -0.2) is 26.3 Å². The number of ether oxygens (including phenoxy) is 1. The molecule has 0 unspecified atom stereocenters. The van der Waals surface area contributed by atoms with Gasteiger partial charge in [-0.2, -0.15) is 8.78 Å². The number of benzene rings is 4. The van der Waals surface area contributed by atoms with E-state index in [1.807, 2.05) is 0 Å². The predicted molar refractivity (Wildman–Crippen MR) is 132 cm³/mol. The van der Waals surface area contributed by atoms with Crippen LogP contribution in [0.2, 0.25) is 5.02 Å². The first-order valence-corrected chi connectivity index (χ1v) is 11.7. The molecule has 0 atom stereocenters. The van der Waals surface area contributed by atoms with Crippen molar-refractivity contribution in [1.82, 2.24) is 0 Å². The van der Waals surface area contributed by atoms with Gasteiger partial charge in [0, 0.05) is 12.1 Å². The first-order valence-electron chi connectivity index (χ1n) is 11.3. The summed E-state index contributed by atoms with van der Waals surface area (Å²) in [6.45, 7) is 3.65. The molecular weight excluding hydrogens is 552 g/mol. The van der Waals surface area contributed by atoms with Crippen LogP contribution in [0.4, 0.5) is 35.1 Å². The van der Waals surface area contributed by atoms with Crippen molar-refractivity contribution in [3.8, 4) is 28.0 Å². The van der Waals surface area contributed by atoms with E-state index in [0.717, 1.165) is 30.5 Å². The second kappa shape index (κ2) is 11.1. The second-order valence-electron chi connectivity index (χ2n) is 8.47. The van der Waals surface area contributed by atoms with Crippen molar-refractivity contribution < 1.29 is 39.9 Å². The third-order valence-electron chi connectivity index (χ3n) is 5.79. The Morgan fingerprint density at radius 2 is 1.28 bits per heavy atom. The van der Waals surface area contributed by atoms with Gasteiger partial charge in [0.15, 0.2) is 17.5 Å². The van der Waals surface area contributed by atoms with Crippen LogP contribution in [0.25, 0.3) is 22.3 Å². The van der Waals surface area contributed by atoms with Crippen molar-refractivity contribution >= 4 is 11.6 Å². The van der Waals surface area contributed by atoms with Crippen molar-refractivity contribution in [2.24, 2.45) is 0 Å². The average molecular weight is 569 g/mol. The Balaban J connectivity index is 1.63. The molecule has 0 aliphatic carbocycles. The molecule has 39 heavy (non-hydrogen) atoms. The van der Waals surface area contributed by atoms with E-state index in [1.54, 1.807) is 30.3 Å². The van der Waals surface area contributed by atoms with E-state index in [4.69, 9.17) is 11.6 Å². The zero-order chi connectivity index (χ0) is 28.5. The molecule has 10 heteroatoms. The molecule has 0 N–H and O–H groups in total. The Bertz CT molecular complexity index is 1480. The van der Waals surface area contributed by atoms with E-state index in [0.29, 0.717) is 29.8 Å². The molecule has 4 rings (SSSR count). The summed E-state index contributed by atoms with van der Waals surface area (Å²) in [5, 5.41) is -0.708. The molecule has 0 aromatic heterocycles. The van der Waals surface area contributed by atoms with Crippen molar-refractivity contribution in [3.05, 3.63) is 124 Å². The summed E-state index contributed by atoms with van der Waals surface area (Å²) in [5.74, 6) is -10.9. The SMILES string of the molecule is C=CCCc1ccc(-c2cc(F)c(C(F)(F)Oc3cc(F)c(-c4cc(F)c(F)c(F)c4)c(F)c3)c(Cl)c2)cc1. The largest absolute Gasteiger partial charge is 0.431 e. The molecule has 0 aliphatic heterocycles. The van der Waals surface area contributed by atoms with E-state index < -0.39 is 68.5 Å². The minimum absolute atomic E-state index is 0.201. The maximum atomic E-state index is 15.0. The molecule has 4 aromatic carbocycles. The molecule has 0 amide bonds. The highest BCUT2D eigenvalue weighted by Gasteiger charge is 2.41. The highest BCUT2D eigenvalue weighted by atomic mass is 35.5. The van der Waals surface area contributed by atoms with Gasteiger partial charge >= 0.3 is 6.11 Å². The zero-order valence-electron chi connectivity index (χ0n) is 19.8. The van der Waals surface area contributed by atoms with Crippen molar-refractivity contribution in [2.75, 3.05) is 0 Å². The van der Waals surface area contributed by atoms with Crippen LogP contribution in [0.5, 0.6) is 5.75 Å². The third kappa shape index (κ3) is 5.93. The summed E-state index contributed by atoms with van der Waals surface area (Å²) in [6.07, 6.45) is -1.23. The van der Waals surface area contributed by atoms with Gasteiger partial charge in [0.2, 0.25) is 0 Å². The van der Waals surface area contributed by atoms with Crippen molar-refractivity contribution in [3.63, 3.8) is 0 Å². The smallest absolute Gasteiger partial charge is 0.429 e. The predicted octanol–water partition coefficient (Wildman–Crippen LogP) is 9.76. The summed E-state index contributed by atoms with van der Waals surface area (Å²) < 4.78 is 119. The van der Waals surface area contributed by atoms with E-state index in [9.17, 15) is 35.1 Å². The lowest BCUT2D eigenvalue weighted by atomic mass is 10.0. The van der Waals surface area contributed by atoms with Crippen LogP contribution in [0.1, 0.15) is 17.5 Å². The highest BCUT2D eigenvalue weighted by molar-refractivity contribution is 6.31. The van der Waals surface area contributed by atoms with Gasteiger partial charge in [0.25, 0.3) is 0 Å². The topological polar surface area (TPSA) is 9.23 Å². The van der Waals surface area contributed by atoms with Gasteiger partial charge < -0.3 is 4.74 Å². The Kier molecular flexibility index (Phi) is 8.02. The molecule has 0 saturated carbocycles. The second-order valence-corrected chi connectivity index (χ2v) is 8.88. The van der Waals surface area contributed by atoms with Crippen LogP contribution in [0, 0.1) is 34.9 Å². The van der Waals surface area contributed by atoms with Gasteiger partial charge in [-0.05, 0) is 59.4 Å². The minimum atomic E-state index is -4.48. The van der Waals surface area contributed by atoms with E-state index in [1.165, 1.54) is 0 Å². The van der Waals surface area contributed by atoms with Gasteiger partial charge in [-0.15, -0.1) is 6.58 Å². The zero-order valence-corrected chi connectivity index (χ0v) is 20.5. The van der Waals surface area contributed by atoms with Crippen molar-refractivity contribution in [2.45, 2.75) is 19.0 Å². The summed E-state index contributed by atoms with van der Waals surface area (Å²) in [5.41, 5.74) is -1.43. The lowest BCUT2D eigenvalue weighted by Crippen LogP contribution is -2.24. The summed E-state index contributed by atoms with van der Waals surface area (Å²) in [7, 11) is 0. The Labute approximate surface area is 222 Å². The van der Waals surface area contributed by atoms with Gasteiger partial charge in [-0.3, -0.25) is 0 Å². The average Bonchev–Trinajstić information content (AvgIpc) is 2.85. The Morgan fingerprint density at radius 1 is 0.718 bits per heavy atom. The molecule has 0 spiro atoms. The lowest BCUT2D eigenvalue weighted by Gasteiger charge is -2.21. The summed E-state index contributed by atoms with van der Waals surface area (Å²) in [4.78, 5) is 0. The van der Waals surface area contributed by atoms with Gasteiger partial charge in [0.1, 0.15) is 28.8 Å². The van der Waals surface area contributed by atoms with Crippen LogP contribution in [0.3, 0.4) is 0 Å². The number of halogens is 9. The molecule has 0 heterocycles. The lowest BCUT2D eigenvalue weighted by molar-refractivity contribution is -0.187. The maximum absolute atomic E-state index is 15.0. The number of alkyl halides is 2.